The van der Waals surface area contributed by atoms with Crippen LogP contribution in [0.2, 0.25) is 0 Å². The number of carbonyl (C=O) groups is 2. The SMILES string of the molecule is O=C1c2ccncc2C(=O)N1CC1(O)CCOCC1. The van der Waals surface area contributed by atoms with Crippen molar-refractivity contribution in [1.82, 2.24) is 9.88 Å². The van der Waals surface area contributed by atoms with Gasteiger partial charge in [-0.25, -0.2) is 0 Å². The standard InChI is InChI=1S/C13H14N2O4/c16-11-9-1-4-14-7-10(9)12(17)15(11)8-13(18)2-5-19-6-3-13/h1,4,7,18H,2-3,5-6,8H2. The van der Waals surface area contributed by atoms with Crippen molar-refractivity contribution in [3.05, 3.63) is 29.6 Å². The molecule has 0 saturated carbocycles. The summed E-state index contributed by atoms with van der Waals surface area (Å²) in [5.74, 6) is -0.740. The van der Waals surface area contributed by atoms with Crippen LogP contribution in [0.1, 0.15) is 33.6 Å². The third-order valence-corrected chi connectivity index (χ3v) is 3.65. The van der Waals surface area contributed by atoms with Gasteiger partial charge in [0.1, 0.15) is 0 Å². The summed E-state index contributed by atoms with van der Waals surface area (Å²) in [4.78, 5) is 29.3. The Hall–Kier alpha value is -1.79. The van der Waals surface area contributed by atoms with E-state index in [0.29, 0.717) is 37.2 Å². The number of imide groups is 1. The molecule has 19 heavy (non-hydrogen) atoms. The molecule has 2 amide bonds. The Morgan fingerprint density at radius 1 is 1.26 bits per heavy atom. The van der Waals surface area contributed by atoms with E-state index in [1.807, 2.05) is 0 Å². The normalized spacial score (nSPS) is 21.6. The molecule has 6 heteroatoms. The summed E-state index contributed by atoms with van der Waals surface area (Å²) < 4.78 is 5.19. The van der Waals surface area contributed by atoms with E-state index in [0.717, 1.165) is 4.90 Å². The zero-order valence-electron chi connectivity index (χ0n) is 10.3. The van der Waals surface area contributed by atoms with Gasteiger partial charge in [-0.1, -0.05) is 0 Å². The first-order chi connectivity index (χ1) is 9.11. The summed E-state index contributed by atoms with van der Waals surface area (Å²) >= 11 is 0. The molecule has 100 valence electrons. The first kappa shape index (κ1) is 12.3. The molecule has 0 spiro atoms. The van der Waals surface area contributed by atoms with Gasteiger partial charge in [0.05, 0.1) is 23.3 Å². The van der Waals surface area contributed by atoms with Crippen molar-refractivity contribution in [2.45, 2.75) is 18.4 Å². The number of carbonyl (C=O) groups excluding carboxylic acids is 2. The Morgan fingerprint density at radius 3 is 2.63 bits per heavy atom. The number of β-amino-alcohol motifs (C(OH)–C–C–N with tert-alkyl or cyclic N) is 1. The van der Waals surface area contributed by atoms with Gasteiger partial charge in [0.2, 0.25) is 0 Å². The van der Waals surface area contributed by atoms with Crippen LogP contribution in [0.3, 0.4) is 0 Å². The lowest BCUT2D eigenvalue weighted by molar-refractivity contribution is -0.0722. The second-order valence-electron chi connectivity index (χ2n) is 4.95. The van der Waals surface area contributed by atoms with Crippen LogP contribution in [-0.4, -0.2) is 52.2 Å². The predicted molar refractivity (Wildman–Crippen MR) is 64.6 cm³/mol. The average Bonchev–Trinajstić information content (AvgIpc) is 2.65. The van der Waals surface area contributed by atoms with E-state index in [1.54, 1.807) is 0 Å². The highest BCUT2D eigenvalue weighted by molar-refractivity contribution is 6.21. The zero-order chi connectivity index (χ0) is 13.5. The smallest absolute Gasteiger partial charge is 0.263 e. The number of hydrogen-bond acceptors (Lipinski definition) is 5. The second kappa shape index (κ2) is 4.40. The van der Waals surface area contributed by atoms with Gasteiger partial charge >= 0.3 is 0 Å². The van der Waals surface area contributed by atoms with Crippen LogP contribution in [0, 0.1) is 0 Å². The molecule has 1 aromatic heterocycles. The number of hydrogen-bond donors (Lipinski definition) is 1. The lowest BCUT2D eigenvalue weighted by Crippen LogP contribution is -2.48. The number of aliphatic hydroxyl groups is 1. The van der Waals surface area contributed by atoms with E-state index >= 15 is 0 Å². The molecule has 0 radical (unpaired) electrons. The number of ether oxygens (including phenoxy) is 1. The van der Waals surface area contributed by atoms with Gasteiger partial charge in [-0.2, -0.15) is 0 Å². The third kappa shape index (κ3) is 2.02. The molecule has 0 aliphatic carbocycles. The largest absolute Gasteiger partial charge is 0.388 e. The minimum Gasteiger partial charge on any atom is -0.388 e. The molecule has 2 aliphatic rings. The molecule has 1 aromatic rings. The summed E-state index contributed by atoms with van der Waals surface area (Å²) in [6, 6.07) is 1.53. The van der Waals surface area contributed by atoms with E-state index in [2.05, 4.69) is 4.98 Å². The summed E-state index contributed by atoms with van der Waals surface area (Å²) in [5, 5.41) is 10.4. The van der Waals surface area contributed by atoms with E-state index in [1.165, 1.54) is 18.5 Å². The number of amides is 2. The molecule has 0 atom stereocenters. The van der Waals surface area contributed by atoms with Gasteiger partial charge in [-0.3, -0.25) is 19.5 Å². The Balaban J connectivity index is 1.84. The molecule has 6 nitrogen and oxygen atoms in total. The highest BCUT2D eigenvalue weighted by Crippen LogP contribution is 2.27. The van der Waals surface area contributed by atoms with E-state index < -0.39 is 5.60 Å². The monoisotopic (exact) mass is 262 g/mol. The number of pyridine rings is 1. The first-order valence-electron chi connectivity index (χ1n) is 6.21. The molecule has 2 aliphatic heterocycles. The molecule has 0 bridgehead atoms. The Labute approximate surface area is 110 Å². The third-order valence-electron chi connectivity index (χ3n) is 3.65. The first-order valence-corrected chi connectivity index (χ1v) is 6.21. The van der Waals surface area contributed by atoms with Gasteiger partial charge in [0.15, 0.2) is 0 Å². The van der Waals surface area contributed by atoms with Crippen molar-refractivity contribution >= 4 is 11.8 Å². The van der Waals surface area contributed by atoms with Crippen LogP contribution < -0.4 is 0 Å². The zero-order valence-corrected chi connectivity index (χ0v) is 10.3. The van der Waals surface area contributed by atoms with E-state index in [9.17, 15) is 14.7 Å². The minimum absolute atomic E-state index is 0.0166. The van der Waals surface area contributed by atoms with Crippen LogP contribution in [-0.2, 0) is 4.74 Å². The number of aromatic nitrogens is 1. The van der Waals surface area contributed by atoms with E-state index in [-0.39, 0.29) is 18.4 Å². The lowest BCUT2D eigenvalue weighted by Gasteiger charge is -2.34. The molecular weight excluding hydrogens is 248 g/mol. The quantitative estimate of drug-likeness (QED) is 0.771. The topological polar surface area (TPSA) is 79.7 Å². The Bertz CT molecular complexity index is 502. The maximum Gasteiger partial charge on any atom is 0.263 e. The van der Waals surface area contributed by atoms with Gasteiger partial charge in [0, 0.05) is 38.4 Å². The van der Waals surface area contributed by atoms with Crippen LogP contribution in [0.4, 0.5) is 0 Å². The molecule has 1 fully saturated rings. The summed E-state index contributed by atoms with van der Waals surface area (Å²) in [6.45, 7) is 0.908. The fourth-order valence-corrected chi connectivity index (χ4v) is 2.48. The Kier molecular flexibility index (Phi) is 2.83. The van der Waals surface area contributed by atoms with Crippen molar-refractivity contribution in [2.75, 3.05) is 19.8 Å². The molecule has 1 N–H and O–H groups in total. The maximum atomic E-state index is 12.2. The van der Waals surface area contributed by atoms with Crippen molar-refractivity contribution in [3.8, 4) is 0 Å². The van der Waals surface area contributed by atoms with Crippen LogP contribution in [0.15, 0.2) is 18.5 Å². The molecule has 0 unspecified atom stereocenters. The molecule has 0 aromatic carbocycles. The van der Waals surface area contributed by atoms with Crippen molar-refractivity contribution in [2.24, 2.45) is 0 Å². The molecule has 1 saturated heterocycles. The highest BCUT2D eigenvalue weighted by Gasteiger charge is 2.41. The minimum atomic E-state index is -1.04. The Morgan fingerprint density at radius 2 is 1.95 bits per heavy atom. The fourth-order valence-electron chi connectivity index (χ4n) is 2.48. The molecule has 3 rings (SSSR count). The van der Waals surface area contributed by atoms with Crippen molar-refractivity contribution < 1.29 is 19.4 Å². The van der Waals surface area contributed by atoms with Crippen LogP contribution in [0.25, 0.3) is 0 Å². The molecular formula is C13H14N2O4. The van der Waals surface area contributed by atoms with Gasteiger partial charge in [-0.15, -0.1) is 0 Å². The van der Waals surface area contributed by atoms with Gasteiger partial charge in [-0.05, 0) is 6.07 Å². The number of nitrogens with zero attached hydrogens (tertiary/aromatic N) is 2. The van der Waals surface area contributed by atoms with Crippen molar-refractivity contribution in [1.29, 1.82) is 0 Å². The summed E-state index contributed by atoms with van der Waals surface area (Å²) in [7, 11) is 0. The molecule has 3 heterocycles. The van der Waals surface area contributed by atoms with Gasteiger partial charge in [0.25, 0.3) is 11.8 Å². The van der Waals surface area contributed by atoms with Crippen LogP contribution in [0.5, 0.6) is 0 Å². The highest BCUT2D eigenvalue weighted by atomic mass is 16.5. The predicted octanol–water partition coefficient (Wildman–Crippen LogP) is 0.219. The number of rotatable bonds is 2. The maximum absolute atomic E-state index is 12.2. The second-order valence-corrected chi connectivity index (χ2v) is 4.95. The fraction of sp³-hybridized carbons (Fsp3) is 0.462. The summed E-state index contributed by atoms with van der Waals surface area (Å²) in [6.07, 6.45) is 3.73. The average molecular weight is 262 g/mol. The number of fused-ring (bicyclic) bond motifs is 1. The van der Waals surface area contributed by atoms with E-state index in [4.69, 9.17) is 4.74 Å². The van der Waals surface area contributed by atoms with Crippen molar-refractivity contribution in [3.63, 3.8) is 0 Å². The lowest BCUT2D eigenvalue weighted by atomic mass is 9.94. The van der Waals surface area contributed by atoms with Gasteiger partial charge < -0.3 is 9.84 Å². The van der Waals surface area contributed by atoms with Crippen LogP contribution >= 0.6 is 0 Å². The summed E-state index contributed by atoms with van der Waals surface area (Å²) in [5.41, 5.74) is -0.377.